The van der Waals surface area contributed by atoms with E-state index in [0.29, 0.717) is 35.7 Å². The number of likely N-dealkylation sites (tertiary alicyclic amines) is 1. The third-order valence-electron chi connectivity index (χ3n) is 5.33. The predicted octanol–water partition coefficient (Wildman–Crippen LogP) is 2.43. The topological polar surface area (TPSA) is 57.6 Å². The van der Waals surface area contributed by atoms with Gasteiger partial charge in [0.2, 0.25) is 5.91 Å². The normalized spacial score (nSPS) is 25.5. The number of carboxylic acids is 1. The molecule has 0 bridgehead atoms. The van der Waals surface area contributed by atoms with Crippen LogP contribution in [0.5, 0.6) is 0 Å². The predicted molar refractivity (Wildman–Crippen MR) is 79.1 cm³/mol. The van der Waals surface area contributed by atoms with Gasteiger partial charge in [-0.3, -0.25) is 4.79 Å². The van der Waals surface area contributed by atoms with Gasteiger partial charge in [0, 0.05) is 19.5 Å². The number of aromatic carboxylic acids is 1. The number of carboxylic acid groups (broad SMARTS) is 1. The van der Waals surface area contributed by atoms with Crippen LogP contribution in [0.4, 0.5) is 0 Å². The Balaban J connectivity index is 1.57. The Labute approximate surface area is 124 Å². The smallest absolute Gasteiger partial charge is 0.335 e. The Kier molecular flexibility index (Phi) is 3.27. The summed E-state index contributed by atoms with van der Waals surface area (Å²) in [6, 6.07) is 6.92. The zero-order chi connectivity index (χ0) is 15.2. The van der Waals surface area contributed by atoms with Crippen molar-refractivity contribution >= 4 is 11.9 Å². The van der Waals surface area contributed by atoms with E-state index in [4.69, 9.17) is 5.11 Å². The van der Waals surface area contributed by atoms with Gasteiger partial charge in [-0.25, -0.2) is 4.79 Å². The van der Waals surface area contributed by atoms with Gasteiger partial charge in [0.15, 0.2) is 0 Å². The number of benzene rings is 1. The van der Waals surface area contributed by atoms with E-state index in [2.05, 4.69) is 13.8 Å². The van der Waals surface area contributed by atoms with Crippen LogP contribution in [0.15, 0.2) is 24.3 Å². The number of carbonyl (C=O) groups excluding carboxylic acids is 1. The minimum Gasteiger partial charge on any atom is -0.478 e. The number of aryl methyl sites for hydroxylation is 1. The van der Waals surface area contributed by atoms with Crippen LogP contribution in [0.3, 0.4) is 0 Å². The molecule has 0 aromatic heterocycles. The van der Waals surface area contributed by atoms with Gasteiger partial charge in [-0.1, -0.05) is 32.0 Å². The highest BCUT2D eigenvalue weighted by atomic mass is 16.4. The molecule has 0 radical (unpaired) electrons. The molecule has 1 aliphatic carbocycles. The first-order valence-electron chi connectivity index (χ1n) is 7.50. The van der Waals surface area contributed by atoms with E-state index >= 15 is 0 Å². The molecular weight excluding hydrogens is 266 g/mol. The van der Waals surface area contributed by atoms with Gasteiger partial charge in [-0.05, 0) is 35.3 Å². The van der Waals surface area contributed by atoms with Crippen molar-refractivity contribution in [3.8, 4) is 0 Å². The Bertz CT molecular complexity index is 579. The summed E-state index contributed by atoms with van der Waals surface area (Å²) in [6.45, 7) is 6.29. The van der Waals surface area contributed by atoms with E-state index in [0.717, 1.165) is 18.7 Å². The van der Waals surface area contributed by atoms with Crippen molar-refractivity contribution in [3.05, 3.63) is 35.4 Å². The molecule has 1 aromatic carbocycles. The van der Waals surface area contributed by atoms with Crippen molar-refractivity contribution in [1.29, 1.82) is 0 Å². The Morgan fingerprint density at radius 2 is 1.86 bits per heavy atom. The van der Waals surface area contributed by atoms with E-state index < -0.39 is 5.97 Å². The van der Waals surface area contributed by atoms with Gasteiger partial charge < -0.3 is 10.0 Å². The van der Waals surface area contributed by atoms with Crippen LogP contribution in [0, 0.1) is 17.3 Å². The fourth-order valence-electron chi connectivity index (χ4n) is 3.68. The molecule has 2 unspecified atom stereocenters. The van der Waals surface area contributed by atoms with Crippen LogP contribution >= 0.6 is 0 Å². The number of rotatable bonds is 4. The fourth-order valence-corrected chi connectivity index (χ4v) is 3.68. The van der Waals surface area contributed by atoms with Gasteiger partial charge in [0.25, 0.3) is 0 Å². The summed E-state index contributed by atoms with van der Waals surface area (Å²) < 4.78 is 0. The van der Waals surface area contributed by atoms with Crippen molar-refractivity contribution in [3.63, 3.8) is 0 Å². The monoisotopic (exact) mass is 287 g/mol. The second kappa shape index (κ2) is 4.86. The number of fused-ring (bicyclic) bond motifs is 1. The zero-order valence-electron chi connectivity index (χ0n) is 12.5. The first-order chi connectivity index (χ1) is 9.91. The molecule has 1 aromatic rings. The molecule has 112 valence electrons. The number of nitrogens with zero attached hydrogens (tertiary/aromatic N) is 1. The van der Waals surface area contributed by atoms with Crippen LogP contribution < -0.4 is 0 Å². The molecule has 3 rings (SSSR count). The van der Waals surface area contributed by atoms with E-state index in [1.54, 1.807) is 18.2 Å². The molecule has 2 fully saturated rings. The second-order valence-electron chi connectivity index (χ2n) is 6.80. The van der Waals surface area contributed by atoms with Crippen molar-refractivity contribution in [1.82, 2.24) is 4.90 Å². The maximum absolute atomic E-state index is 12.3. The standard InChI is InChI=1S/C17H21NO3/c1-17(2)13-9-18(10-14(13)17)15(19)8-7-11-5-3-4-6-12(11)16(20)21/h3-6,13-14H,7-10H2,1-2H3,(H,20,21). The minimum atomic E-state index is -0.929. The van der Waals surface area contributed by atoms with Gasteiger partial charge in [0.05, 0.1) is 5.56 Å². The van der Waals surface area contributed by atoms with Gasteiger partial charge >= 0.3 is 5.97 Å². The van der Waals surface area contributed by atoms with E-state index in [-0.39, 0.29) is 5.91 Å². The fraction of sp³-hybridized carbons (Fsp3) is 0.529. The van der Waals surface area contributed by atoms with Crippen LogP contribution in [0.1, 0.15) is 36.2 Å². The van der Waals surface area contributed by atoms with Gasteiger partial charge in [-0.15, -0.1) is 0 Å². The number of carbonyl (C=O) groups is 2. The molecule has 4 nitrogen and oxygen atoms in total. The largest absolute Gasteiger partial charge is 0.478 e. The summed E-state index contributed by atoms with van der Waals surface area (Å²) in [5, 5.41) is 9.15. The lowest BCUT2D eigenvalue weighted by Crippen LogP contribution is -2.33. The zero-order valence-corrected chi connectivity index (χ0v) is 12.5. The number of hydrogen-bond acceptors (Lipinski definition) is 2. The molecule has 2 atom stereocenters. The highest BCUT2D eigenvalue weighted by Crippen LogP contribution is 2.61. The maximum Gasteiger partial charge on any atom is 0.335 e. The molecule has 1 aliphatic heterocycles. The Hall–Kier alpha value is -1.84. The molecule has 1 N–H and O–H groups in total. The van der Waals surface area contributed by atoms with Gasteiger partial charge in [0.1, 0.15) is 0 Å². The average molecular weight is 287 g/mol. The van der Waals surface area contributed by atoms with Crippen LogP contribution in [-0.2, 0) is 11.2 Å². The van der Waals surface area contributed by atoms with Gasteiger partial charge in [-0.2, -0.15) is 0 Å². The number of piperidine rings is 1. The highest BCUT2D eigenvalue weighted by molar-refractivity contribution is 5.89. The SMILES string of the molecule is CC1(C)C2CN(C(=O)CCc3ccccc3C(=O)O)CC21. The Morgan fingerprint density at radius 1 is 1.24 bits per heavy atom. The highest BCUT2D eigenvalue weighted by Gasteiger charge is 2.62. The molecule has 2 aliphatic rings. The first-order valence-corrected chi connectivity index (χ1v) is 7.50. The van der Waals surface area contributed by atoms with Crippen molar-refractivity contribution in [2.24, 2.45) is 17.3 Å². The van der Waals surface area contributed by atoms with E-state index in [1.807, 2.05) is 11.0 Å². The van der Waals surface area contributed by atoms with Crippen molar-refractivity contribution in [2.45, 2.75) is 26.7 Å². The van der Waals surface area contributed by atoms with Crippen molar-refractivity contribution < 1.29 is 14.7 Å². The van der Waals surface area contributed by atoms with E-state index in [1.165, 1.54) is 0 Å². The Morgan fingerprint density at radius 3 is 2.48 bits per heavy atom. The lowest BCUT2D eigenvalue weighted by atomic mass is 10.0. The maximum atomic E-state index is 12.3. The second-order valence-corrected chi connectivity index (χ2v) is 6.80. The summed E-state index contributed by atoms with van der Waals surface area (Å²) in [5.41, 5.74) is 1.45. The van der Waals surface area contributed by atoms with Crippen molar-refractivity contribution in [2.75, 3.05) is 13.1 Å². The third kappa shape index (κ3) is 2.43. The molecular formula is C17H21NO3. The summed E-state index contributed by atoms with van der Waals surface area (Å²) >= 11 is 0. The van der Waals surface area contributed by atoms with Crippen LogP contribution in [0.25, 0.3) is 0 Å². The molecule has 4 heteroatoms. The third-order valence-corrected chi connectivity index (χ3v) is 5.33. The summed E-state index contributed by atoms with van der Waals surface area (Å²) in [7, 11) is 0. The quantitative estimate of drug-likeness (QED) is 0.925. The summed E-state index contributed by atoms with van der Waals surface area (Å²) in [6.07, 6.45) is 0.890. The number of amides is 1. The molecule has 21 heavy (non-hydrogen) atoms. The first kappa shape index (κ1) is 14.1. The lowest BCUT2D eigenvalue weighted by molar-refractivity contribution is -0.130. The number of hydrogen-bond donors (Lipinski definition) is 1. The molecule has 1 saturated carbocycles. The molecule has 1 amide bonds. The van der Waals surface area contributed by atoms with E-state index in [9.17, 15) is 9.59 Å². The summed E-state index contributed by atoms with van der Waals surface area (Å²) in [5.74, 6) is 0.543. The molecule has 0 spiro atoms. The minimum absolute atomic E-state index is 0.151. The average Bonchev–Trinajstić information content (AvgIpc) is 2.83. The van der Waals surface area contributed by atoms with Crippen LogP contribution in [-0.4, -0.2) is 35.0 Å². The summed E-state index contributed by atoms with van der Waals surface area (Å²) in [4.78, 5) is 25.4. The molecule has 1 saturated heterocycles. The molecule has 1 heterocycles. The van der Waals surface area contributed by atoms with Crippen LogP contribution in [0.2, 0.25) is 0 Å². The lowest BCUT2D eigenvalue weighted by Gasteiger charge is -2.22.